The highest BCUT2D eigenvalue weighted by molar-refractivity contribution is 5.92. The quantitative estimate of drug-likeness (QED) is 0.528. The molecule has 0 saturated heterocycles. The third-order valence-corrected chi connectivity index (χ3v) is 3.87. The standard InChI is InChI=1S/C19H18N4O4/c1-13-7-9-15(10-8-13)27-17-6-4-3-5-16(17)21-19(24)12-22-11-18(23(25)26)20-14(22)2/h3-11H,12H2,1-2H3,(H,21,24). The molecule has 1 N–H and O–H groups in total. The Bertz CT molecular complexity index is 980. The van der Waals surface area contributed by atoms with Gasteiger partial charge in [0.2, 0.25) is 11.7 Å². The number of ether oxygens (including phenoxy) is 1. The minimum atomic E-state index is -0.591. The van der Waals surface area contributed by atoms with E-state index in [2.05, 4.69) is 10.3 Å². The maximum Gasteiger partial charge on any atom is 0.381 e. The van der Waals surface area contributed by atoms with Crippen LogP contribution in [0.25, 0.3) is 0 Å². The molecule has 138 valence electrons. The Morgan fingerprint density at radius 3 is 2.56 bits per heavy atom. The van der Waals surface area contributed by atoms with E-state index < -0.39 is 4.92 Å². The van der Waals surface area contributed by atoms with E-state index in [0.717, 1.165) is 5.56 Å². The molecule has 0 atom stereocenters. The Morgan fingerprint density at radius 1 is 1.19 bits per heavy atom. The van der Waals surface area contributed by atoms with Crippen LogP contribution >= 0.6 is 0 Å². The number of amides is 1. The van der Waals surface area contributed by atoms with Crippen LogP contribution in [0.1, 0.15) is 11.4 Å². The molecule has 8 heteroatoms. The van der Waals surface area contributed by atoms with Crippen molar-refractivity contribution < 1.29 is 14.5 Å². The highest BCUT2D eigenvalue weighted by Crippen LogP contribution is 2.29. The van der Waals surface area contributed by atoms with Crippen molar-refractivity contribution in [2.24, 2.45) is 0 Å². The van der Waals surface area contributed by atoms with Gasteiger partial charge in [-0.05, 0) is 41.1 Å². The molecule has 1 amide bonds. The molecule has 0 aliphatic heterocycles. The Hall–Kier alpha value is -3.68. The number of benzene rings is 2. The average molecular weight is 366 g/mol. The third-order valence-electron chi connectivity index (χ3n) is 3.87. The van der Waals surface area contributed by atoms with E-state index in [0.29, 0.717) is 23.0 Å². The first-order valence-corrected chi connectivity index (χ1v) is 8.24. The van der Waals surface area contributed by atoms with Gasteiger partial charge in [0.15, 0.2) is 5.75 Å². The van der Waals surface area contributed by atoms with Crippen LogP contribution in [0.3, 0.4) is 0 Å². The van der Waals surface area contributed by atoms with Crippen molar-refractivity contribution in [3.63, 3.8) is 0 Å². The normalized spacial score (nSPS) is 10.4. The molecule has 2 aromatic carbocycles. The number of aryl methyl sites for hydroxylation is 2. The summed E-state index contributed by atoms with van der Waals surface area (Å²) in [7, 11) is 0. The van der Waals surface area contributed by atoms with E-state index in [1.807, 2.05) is 37.3 Å². The van der Waals surface area contributed by atoms with Gasteiger partial charge in [0.25, 0.3) is 0 Å². The van der Waals surface area contributed by atoms with Gasteiger partial charge in [0.05, 0.1) is 5.69 Å². The number of carbonyl (C=O) groups is 1. The lowest BCUT2D eigenvalue weighted by Crippen LogP contribution is -2.19. The summed E-state index contributed by atoms with van der Waals surface area (Å²) in [4.78, 5) is 26.4. The largest absolute Gasteiger partial charge is 0.455 e. The zero-order chi connectivity index (χ0) is 19.4. The summed E-state index contributed by atoms with van der Waals surface area (Å²) in [6, 6.07) is 14.6. The summed E-state index contributed by atoms with van der Waals surface area (Å²) in [6.07, 6.45) is 1.24. The number of aromatic nitrogens is 2. The van der Waals surface area contributed by atoms with Crippen LogP contribution in [-0.2, 0) is 11.3 Å². The van der Waals surface area contributed by atoms with Crippen molar-refractivity contribution in [3.05, 3.63) is 76.2 Å². The van der Waals surface area contributed by atoms with Crippen LogP contribution in [-0.4, -0.2) is 20.4 Å². The van der Waals surface area contributed by atoms with Gasteiger partial charge in [-0.25, -0.2) is 0 Å². The molecule has 1 aromatic heterocycles. The number of anilines is 1. The third kappa shape index (κ3) is 4.49. The summed E-state index contributed by atoms with van der Waals surface area (Å²) >= 11 is 0. The van der Waals surface area contributed by atoms with Gasteiger partial charge in [0.1, 0.15) is 18.5 Å². The van der Waals surface area contributed by atoms with Crippen LogP contribution in [0.4, 0.5) is 11.5 Å². The van der Waals surface area contributed by atoms with Crippen molar-refractivity contribution in [1.29, 1.82) is 0 Å². The van der Waals surface area contributed by atoms with E-state index in [4.69, 9.17) is 4.74 Å². The molecule has 3 rings (SSSR count). The van der Waals surface area contributed by atoms with Crippen molar-refractivity contribution in [2.75, 3.05) is 5.32 Å². The summed E-state index contributed by atoms with van der Waals surface area (Å²) in [5.74, 6) is 0.918. The molecule has 8 nitrogen and oxygen atoms in total. The molecule has 0 saturated carbocycles. The van der Waals surface area contributed by atoms with Crippen LogP contribution in [0.5, 0.6) is 11.5 Å². The van der Waals surface area contributed by atoms with E-state index >= 15 is 0 Å². The number of hydrogen-bond acceptors (Lipinski definition) is 5. The Balaban J connectivity index is 1.73. The molecule has 0 spiro atoms. The molecular weight excluding hydrogens is 348 g/mol. The average Bonchev–Trinajstić information content (AvgIpc) is 2.99. The lowest BCUT2D eigenvalue weighted by Gasteiger charge is -2.12. The topological polar surface area (TPSA) is 99.3 Å². The number of para-hydroxylation sites is 2. The first-order chi connectivity index (χ1) is 12.9. The molecule has 1 heterocycles. The fraction of sp³-hybridized carbons (Fsp3) is 0.158. The Kier molecular flexibility index (Phi) is 5.16. The number of nitrogens with zero attached hydrogens (tertiary/aromatic N) is 3. The predicted octanol–water partition coefficient (Wildman–Crippen LogP) is 3.84. The lowest BCUT2D eigenvalue weighted by molar-refractivity contribution is -0.389. The van der Waals surface area contributed by atoms with E-state index in [1.165, 1.54) is 10.8 Å². The summed E-state index contributed by atoms with van der Waals surface area (Å²) < 4.78 is 7.28. The zero-order valence-corrected chi connectivity index (χ0v) is 14.9. The molecule has 0 radical (unpaired) electrons. The summed E-state index contributed by atoms with van der Waals surface area (Å²) in [5, 5.41) is 13.6. The van der Waals surface area contributed by atoms with Crippen molar-refractivity contribution in [1.82, 2.24) is 9.55 Å². The van der Waals surface area contributed by atoms with Crippen molar-refractivity contribution in [2.45, 2.75) is 20.4 Å². The summed E-state index contributed by atoms with van der Waals surface area (Å²) in [6.45, 7) is 3.50. The molecule has 0 fully saturated rings. The SMILES string of the molecule is Cc1ccc(Oc2ccccc2NC(=O)Cn2cc([N+](=O)[O-])nc2C)cc1. The first kappa shape index (κ1) is 18.1. The first-order valence-electron chi connectivity index (χ1n) is 8.24. The van der Waals surface area contributed by atoms with Crippen molar-refractivity contribution >= 4 is 17.4 Å². The second-order valence-electron chi connectivity index (χ2n) is 5.99. The van der Waals surface area contributed by atoms with Gasteiger partial charge in [0, 0.05) is 6.92 Å². The molecule has 27 heavy (non-hydrogen) atoms. The van der Waals surface area contributed by atoms with Gasteiger partial charge in [-0.2, -0.15) is 0 Å². The number of nitro groups is 1. The van der Waals surface area contributed by atoms with Gasteiger partial charge < -0.3 is 20.2 Å². The maximum atomic E-state index is 12.4. The summed E-state index contributed by atoms with van der Waals surface area (Å²) in [5.41, 5.74) is 1.63. The monoisotopic (exact) mass is 366 g/mol. The number of imidazole rings is 1. The number of hydrogen-bond donors (Lipinski definition) is 1. The minimum absolute atomic E-state index is 0.0917. The molecule has 0 aliphatic rings. The lowest BCUT2D eigenvalue weighted by atomic mass is 10.2. The van der Waals surface area contributed by atoms with Crippen LogP contribution in [0.15, 0.2) is 54.7 Å². The van der Waals surface area contributed by atoms with Crippen LogP contribution < -0.4 is 10.1 Å². The molecule has 0 bridgehead atoms. The van der Waals surface area contributed by atoms with Gasteiger partial charge >= 0.3 is 5.82 Å². The fourth-order valence-electron chi connectivity index (χ4n) is 2.48. The molecule has 0 unspecified atom stereocenters. The number of carbonyl (C=O) groups excluding carboxylic acids is 1. The van der Waals surface area contributed by atoms with Crippen molar-refractivity contribution in [3.8, 4) is 11.5 Å². The maximum absolute atomic E-state index is 12.4. The Morgan fingerprint density at radius 2 is 1.89 bits per heavy atom. The molecule has 3 aromatic rings. The molecular formula is C19H18N4O4. The van der Waals surface area contributed by atoms with E-state index in [9.17, 15) is 14.9 Å². The van der Waals surface area contributed by atoms with Gasteiger partial charge in [-0.15, -0.1) is 0 Å². The highest BCUT2D eigenvalue weighted by atomic mass is 16.6. The van der Waals surface area contributed by atoms with Crippen LogP contribution in [0.2, 0.25) is 0 Å². The van der Waals surface area contributed by atoms with Gasteiger partial charge in [-0.1, -0.05) is 29.8 Å². The smallest absolute Gasteiger partial charge is 0.381 e. The number of nitrogens with one attached hydrogen (secondary N) is 1. The predicted molar refractivity (Wildman–Crippen MR) is 99.9 cm³/mol. The van der Waals surface area contributed by atoms with E-state index in [-0.39, 0.29) is 18.3 Å². The van der Waals surface area contributed by atoms with E-state index in [1.54, 1.807) is 25.1 Å². The zero-order valence-electron chi connectivity index (χ0n) is 14.9. The minimum Gasteiger partial charge on any atom is -0.455 e. The second kappa shape index (κ2) is 7.69. The second-order valence-corrected chi connectivity index (χ2v) is 5.99. The molecule has 0 aliphatic carbocycles. The highest BCUT2D eigenvalue weighted by Gasteiger charge is 2.17. The Labute approximate surface area is 155 Å². The fourth-order valence-corrected chi connectivity index (χ4v) is 2.48. The van der Waals surface area contributed by atoms with Crippen LogP contribution in [0, 0.1) is 24.0 Å². The van der Waals surface area contributed by atoms with Gasteiger partial charge in [-0.3, -0.25) is 9.36 Å². The number of rotatable bonds is 6.